The van der Waals surface area contributed by atoms with Gasteiger partial charge in [-0.25, -0.2) is 28.1 Å². The number of carbonyl (C=O) groups excluding carboxylic acids is 2. The van der Waals surface area contributed by atoms with Gasteiger partial charge in [-0.05, 0) is 61.7 Å². The fourth-order valence-corrected chi connectivity index (χ4v) is 9.82. The lowest BCUT2D eigenvalue weighted by molar-refractivity contribution is -0.0105. The molecule has 0 fully saturated rings. The number of hydrogen-bond acceptors (Lipinski definition) is 19. The highest BCUT2D eigenvalue weighted by atomic mass is 31.3. The van der Waals surface area contributed by atoms with Crippen molar-refractivity contribution in [2.45, 2.75) is 111 Å². The second kappa shape index (κ2) is 28.8. The van der Waals surface area contributed by atoms with Crippen LogP contribution < -0.4 is 33.0 Å². The molecular weight excluding hydrogens is 933 g/mol. The zero-order chi connectivity index (χ0) is 46.6. The molecule has 2 heterocycles. The number of benzene rings is 2. The van der Waals surface area contributed by atoms with Crippen LogP contribution in [0.1, 0.15) is 101 Å². The Morgan fingerprint density at radius 1 is 0.697 bits per heavy atom. The molecule has 23 nitrogen and oxygen atoms in total. The summed E-state index contributed by atoms with van der Waals surface area (Å²) in [6, 6.07) is 11.1. The molecular formula is C40H61N4O19P3. The van der Waals surface area contributed by atoms with Crippen molar-refractivity contribution >= 4 is 35.8 Å². The van der Waals surface area contributed by atoms with Gasteiger partial charge in [0.1, 0.15) is 17.6 Å². The normalized spacial score (nSPS) is 17.0. The second-order valence-electron chi connectivity index (χ2n) is 14.3. The summed E-state index contributed by atoms with van der Waals surface area (Å²) in [6.07, 6.45) is 11.4. The maximum atomic E-state index is 13.9. The lowest BCUT2D eigenvalue weighted by Gasteiger charge is -2.22. The summed E-state index contributed by atoms with van der Waals surface area (Å²) in [7, 11) is -16.5. The summed E-state index contributed by atoms with van der Waals surface area (Å²) in [5.74, 6) is 0.207. The first-order valence-electron chi connectivity index (χ1n) is 20.6. The molecule has 2 aromatic carbocycles. The Morgan fingerprint density at radius 2 is 1.21 bits per heavy atom. The fraction of sp³-hybridized carbons (Fsp3) is 0.500. The van der Waals surface area contributed by atoms with E-state index in [4.69, 9.17) is 41.6 Å². The Labute approximate surface area is 382 Å². The summed E-state index contributed by atoms with van der Waals surface area (Å²) in [6.45, 7) is 3.61. The summed E-state index contributed by atoms with van der Waals surface area (Å²) >= 11 is 0. The van der Waals surface area contributed by atoms with E-state index < -0.39 is 79.2 Å². The molecule has 1 aliphatic heterocycles. The summed E-state index contributed by atoms with van der Waals surface area (Å²) in [5.41, 5.74) is -0.609. The topological polar surface area (TPSA) is 343 Å². The Morgan fingerprint density at radius 3 is 1.74 bits per heavy atom. The van der Waals surface area contributed by atoms with Crippen LogP contribution in [0, 0.1) is 6.92 Å². The Kier molecular flexibility index (Phi) is 25.2. The van der Waals surface area contributed by atoms with Crippen LogP contribution in [0.3, 0.4) is 0 Å². The van der Waals surface area contributed by atoms with Gasteiger partial charge in [0, 0.05) is 11.8 Å². The van der Waals surface area contributed by atoms with Crippen molar-refractivity contribution in [1.29, 1.82) is 0 Å². The van der Waals surface area contributed by atoms with Crippen molar-refractivity contribution < 1.29 is 78.9 Å². The Hall–Kier alpha value is -4.31. The lowest BCUT2D eigenvalue weighted by Crippen LogP contribution is -2.33. The van der Waals surface area contributed by atoms with Crippen molar-refractivity contribution in [3.8, 4) is 11.5 Å². The van der Waals surface area contributed by atoms with Crippen molar-refractivity contribution in [1.82, 2.24) is 21.9 Å². The molecule has 4 rings (SSSR count). The van der Waals surface area contributed by atoms with Crippen LogP contribution >= 0.6 is 23.5 Å². The van der Waals surface area contributed by atoms with E-state index in [1.165, 1.54) is 112 Å². The maximum absolute atomic E-state index is 13.9. The van der Waals surface area contributed by atoms with Crippen LogP contribution in [0.25, 0.3) is 0 Å². The molecule has 9 N–H and O–H groups in total. The number of nitrogens with one attached hydrogen (secondary N) is 1. The standard InChI is InChI=1S/C40H55N2O19P3.2H3N/c1-4-6-7-8-9-10-11-12-13-14-25-53-40(46)59-34-21-17-32(18-22-34)28-56-64(51,55-27-31-15-19-33(20-16-31)58-39(45)52-5-2)61-63(49,50)60-62(47,48)54-29-35-23-24-36(57-35)42-26-30(3)37(43)41-38(42)44;;/h15-24,26,35-36H,4-14,25,27-29H2,1-3H3,(H,47,48)(H,49,50)(H,41,43,44);2*1H3/t35-,36+,64?;;/m0../s1. The first kappa shape index (κ1) is 57.8. The van der Waals surface area contributed by atoms with Gasteiger partial charge in [0.15, 0.2) is 6.23 Å². The van der Waals surface area contributed by atoms with Crippen LogP contribution in [0.15, 0.2) is 76.5 Å². The monoisotopic (exact) mass is 994 g/mol. The number of ether oxygens (including phenoxy) is 5. The number of phosphoric ester groups is 2. The third-order valence-electron chi connectivity index (χ3n) is 9.04. The van der Waals surface area contributed by atoms with E-state index in [-0.39, 0.29) is 53.7 Å². The molecule has 0 radical (unpaired) electrons. The first-order chi connectivity index (χ1) is 30.5. The van der Waals surface area contributed by atoms with Gasteiger partial charge in [-0.2, -0.15) is 8.62 Å². The van der Waals surface area contributed by atoms with E-state index in [9.17, 15) is 42.7 Å². The molecule has 3 aromatic rings. The number of aryl methyl sites for hydroxylation is 1. The Bertz CT molecular complexity index is 2260. The molecule has 370 valence electrons. The first-order valence-corrected chi connectivity index (χ1v) is 25.1. The largest absolute Gasteiger partial charge is 0.513 e. The van der Waals surface area contributed by atoms with Gasteiger partial charge >= 0.3 is 41.5 Å². The lowest BCUT2D eigenvalue weighted by atomic mass is 10.1. The quantitative estimate of drug-likeness (QED) is 0.0149. The highest BCUT2D eigenvalue weighted by molar-refractivity contribution is 7.67. The van der Waals surface area contributed by atoms with Crippen molar-refractivity contribution in [2.75, 3.05) is 19.8 Å². The zero-order valence-corrected chi connectivity index (χ0v) is 39.8. The van der Waals surface area contributed by atoms with Crippen molar-refractivity contribution in [2.24, 2.45) is 0 Å². The average Bonchev–Trinajstić information content (AvgIpc) is 3.71. The third-order valence-corrected chi connectivity index (χ3v) is 13.7. The molecule has 1 aromatic heterocycles. The van der Waals surface area contributed by atoms with Gasteiger partial charge in [-0.3, -0.25) is 27.9 Å². The van der Waals surface area contributed by atoms with Gasteiger partial charge in [0.25, 0.3) is 5.56 Å². The van der Waals surface area contributed by atoms with Crippen LogP contribution in [0.4, 0.5) is 9.59 Å². The number of phosphoric acid groups is 3. The molecule has 26 heteroatoms. The van der Waals surface area contributed by atoms with Crippen LogP contribution in [-0.4, -0.2) is 57.6 Å². The summed E-state index contributed by atoms with van der Waals surface area (Å²) in [5, 5.41) is 0. The van der Waals surface area contributed by atoms with Gasteiger partial charge in [0.05, 0.1) is 33.0 Å². The molecule has 66 heavy (non-hydrogen) atoms. The maximum Gasteiger partial charge on any atom is 0.513 e. The number of H-pyrrole nitrogens is 1. The molecule has 0 bridgehead atoms. The summed E-state index contributed by atoms with van der Waals surface area (Å²) in [4.78, 5) is 70.8. The molecule has 0 amide bonds. The number of rotatable bonds is 28. The molecule has 1 aliphatic rings. The predicted octanol–water partition coefficient (Wildman–Crippen LogP) is 9.39. The second-order valence-corrected chi connectivity index (χ2v) is 19.1. The number of hydrogen-bond donors (Lipinski definition) is 5. The van der Waals surface area contributed by atoms with Crippen LogP contribution in [0.5, 0.6) is 11.5 Å². The van der Waals surface area contributed by atoms with Gasteiger partial charge < -0.3 is 45.8 Å². The molecule has 3 unspecified atom stereocenters. The highest BCUT2D eigenvalue weighted by Gasteiger charge is 2.44. The fourth-order valence-electron chi connectivity index (χ4n) is 5.79. The van der Waals surface area contributed by atoms with E-state index >= 15 is 0 Å². The van der Waals surface area contributed by atoms with Crippen molar-refractivity contribution in [3.05, 3.63) is 104 Å². The average molecular weight is 995 g/mol. The number of aromatic amines is 1. The number of carbonyl (C=O) groups is 2. The van der Waals surface area contributed by atoms with Gasteiger partial charge in [-0.1, -0.05) is 95.1 Å². The molecule has 0 saturated carbocycles. The van der Waals surface area contributed by atoms with Crippen LogP contribution in [0.2, 0.25) is 0 Å². The molecule has 0 spiro atoms. The molecule has 0 saturated heterocycles. The van der Waals surface area contributed by atoms with Crippen molar-refractivity contribution in [3.63, 3.8) is 0 Å². The minimum absolute atomic E-state index is 0. The predicted molar refractivity (Wildman–Crippen MR) is 238 cm³/mol. The van der Waals surface area contributed by atoms with E-state index in [1.807, 2.05) is 0 Å². The van der Waals surface area contributed by atoms with Gasteiger partial charge in [0.2, 0.25) is 0 Å². The SMILES string of the molecule is CCCCCCCCCCCCOC(=O)Oc1ccc(COP(=O)(OCc2ccc(OC(=O)OCC)cc2)OP(=O)(O)OP(=O)(O)OC[C@@H]2C=C[C@H](n3cc(C)c(=O)[nH]c3=O)O2)cc1.N.N. The van der Waals surface area contributed by atoms with E-state index in [2.05, 4.69) is 16.2 Å². The van der Waals surface area contributed by atoms with Gasteiger partial charge in [-0.15, -0.1) is 0 Å². The smallest absolute Gasteiger partial charge is 0.434 e. The zero-order valence-electron chi connectivity index (χ0n) is 37.1. The van der Waals surface area contributed by atoms with E-state index in [0.29, 0.717) is 6.42 Å². The number of aromatic nitrogens is 2. The summed E-state index contributed by atoms with van der Waals surface area (Å²) < 4.78 is 91.1. The minimum Gasteiger partial charge on any atom is -0.434 e. The highest BCUT2D eigenvalue weighted by Crippen LogP contribution is 2.69. The number of nitrogens with zero attached hydrogens (tertiary/aromatic N) is 1. The van der Waals surface area contributed by atoms with E-state index in [1.54, 1.807) is 6.92 Å². The van der Waals surface area contributed by atoms with Crippen LogP contribution in [-0.2, 0) is 63.3 Å². The Balaban J connectivity index is 0.00000748. The third kappa shape index (κ3) is 21.1. The minimum atomic E-state index is -5.83. The number of unbranched alkanes of at least 4 members (excludes halogenated alkanes) is 9. The van der Waals surface area contributed by atoms with E-state index in [0.717, 1.165) is 23.8 Å². The molecule has 0 aliphatic carbocycles. The molecule has 5 atom stereocenters.